The fraction of sp³-hybridized carbons (Fsp3) is 0.391. The lowest BCUT2D eigenvalue weighted by Crippen LogP contribution is -2.39. The molecule has 32 heavy (non-hydrogen) atoms. The summed E-state index contributed by atoms with van der Waals surface area (Å²) in [5.74, 6) is 0.283. The summed E-state index contributed by atoms with van der Waals surface area (Å²) in [6, 6.07) is 11.0. The lowest BCUT2D eigenvalue weighted by Gasteiger charge is -2.27. The molecule has 0 aliphatic carbocycles. The van der Waals surface area contributed by atoms with Gasteiger partial charge in [-0.3, -0.25) is 14.4 Å². The summed E-state index contributed by atoms with van der Waals surface area (Å²) in [5, 5.41) is 7.30. The fourth-order valence-electron chi connectivity index (χ4n) is 4.14. The van der Waals surface area contributed by atoms with Crippen molar-refractivity contribution in [2.75, 3.05) is 13.1 Å². The monoisotopic (exact) mass is 456 g/mol. The molecule has 1 N–H and O–H groups in total. The second-order valence-corrected chi connectivity index (χ2v) is 10.1. The van der Waals surface area contributed by atoms with Crippen molar-refractivity contribution in [3.05, 3.63) is 59.7 Å². The number of hydrogen-bond donors (Lipinski definition) is 1. The topological polar surface area (TPSA) is 97.4 Å². The zero-order chi connectivity index (χ0) is 22.9. The van der Waals surface area contributed by atoms with E-state index >= 15 is 0 Å². The van der Waals surface area contributed by atoms with Gasteiger partial charge in [-0.2, -0.15) is 5.10 Å². The van der Waals surface area contributed by atoms with Crippen molar-refractivity contribution in [1.29, 1.82) is 0 Å². The Morgan fingerprint density at radius 2 is 2.06 bits per heavy atom. The van der Waals surface area contributed by atoms with Crippen LogP contribution in [0.4, 0.5) is 0 Å². The Morgan fingerprint density at radius 3 is 2.78 bits per heavy atom. The molecule has 0 spiro atoms. The molecular formula is C23H28N4O4S. The summed E-state index contributed by atoms with van der Waals surface area (Å²) in [6.45, 7) is 5.97. The van der Waals surface area contributed by atoms with E-state index in [1.807, 2.05) is 12.1 Å². The van der Waals surface area contributed by atoms with E-state index in [9.17, 15) is 13.2 Å². The van der Waals surface area contributed by atoms with Crippen molar-refractivity contribution in [1.82, 2.24) is 20.0 Å². The smallest absolute Gasteiger partial charge is 0.272 e. The average molecular weight is 457 g/mol. The fourth-order valence-corrected chi connectivity index (χ4v) is 5.73. The summed E-state index contributed by atoms with van der Waals surface area (Å²) in [6.07, 6.45) is 2.63. The number of carbonyl (C=O) groups is 1. The second kappa shape index (κ2) is 8.91. The SMILES string of the molecule is CCC(C)N(CCNC(=O)c1nn(C)c2c1CS(=O)(=O)c1ccccc1-2)Cc1ccco1. The number of nitrogens with one attached hydrogen (secondary N) is 1. The molecule has 2 aromatic heterocycles. The minimum Gasteiger partial charge on any atom is -0.468 e. The molecule has 3 aromatic rings. The molecule has 1 amide bonds. The van der Waals surface area contributed by atoms with Gasteiger partial charge in [-0.1, -0.05) is 25.1 Å². The molecule has 0 saturated carbocycles. The number of hydrogen-bond acceptors (Lipinski definition) is 6. The molecule has 170 valence electrons. The van der Waals surface area contributed by atoms with Gasteiger partial charge in [0.25, 0.3) is 5.91 Å². The molecule has 9 heteroatoms. The Morgan fingerprint density at radius 1 is 1.28 bits per heavy atom. The number of fused-ring (bicyclic) bond motifs is 3. The normalized spacial score (nSPS) is 15.2. The third-order valence-electron chi connectivity index (χ3n) is 6.01. The quantitative estimate of drug-likeness (QED) is 0.560. The van der Waals surface area contributed by atoms with E-state index in [1.54, 1.807) is 42.3 Å². The van der Waals surface area contributed by atoms with Crippen LogP contribution in [0.15, 0.2) is 52.0 Å². The van der Waals surface area contributed by atoms with Gasteiger partial charge in [0, 0.05) is 37.3 Å². The molecule has 8 nitrogen and oxygen atoms in total. The van der Waals surface area contributed by atoms with Gasteiger partial charge in [-0.15, -0.1) is 0 Å². The van der Waals surface area contributed by atoms with Gasteiger partial charge in [0.2, 0.25) is 0 Å². The molecule has 0 saturated heterocycles. The molecular weight excluding hydrogens is 428 g/mol. The molecule has 0 radical (unpaired) electrons. The van der Waals surface area contributed by atoms with Gasteiger partial charge in [0.05, 0.1) is 29.2 Å². The number of rotatable bonds is 8. The van der Waals surface area contributed by atoms with E-state index < -0.39 is 9.84 Å². The molecule has 4 rings (SSSR count). The van der Waals surface area contributed by atoms with Crippen molar-refractivity contribution in [2.45, 2.75) is 43.5 Å². The zero-order valence-electron chi connectivity index (χ0n) is 18.5. The molecule has 1 aromatic carbocycles. The van der Waals surface area contributed by atoms with Crippen LogP contribution in [0.2, 0.25) is 0 Å². The zero-order valence-corrected chi connectivity index (χ0v) is 19.4. The number of furan rings is 1. The lowest BCUT2D eigenvalue weighted by atomic mass is 10.1. The third kappa shape index (κ3) is 4.22. The first-order valence-corrected chi connectivity index (χ1v) is 12.4. The Kier molecular flexibility index (Phi) is 6.21. The van der Waals surface area contributed by atoms with Crippen LogP contribution in [0.5, 0.6) is 0 Å². The number of aryl methyl sites for hydroxylation is 1. The number of sulfone groups is 1. The van der Waals surface area contributed by atoms with Crippen LogP contribution in [-0.4, -0.2) is 48.1 Å². The van der Waals surface area contributed by atoms with Crippen molar-refractivity contribution in [3.63, 3.8) is 0 Å². The van der Waals surface area contributed by atoms with Crippen molar-refractivity contribution >= 4 is 15.7 Å². The number of amides is 1. The highest BCUT2D eigenvalue weighted by Crippen LogP contribution is 2.38. The first-order chi connectivity index (χ1) is 15.3. The number of aromatic nitrogens is 2. The van der Waals surface area contributed by atoms with Gasteiger partial charge >= 0.3 is 0 Å². The van der Waals surface area contributed by atoms with E-state index in [-0.39, 0.29) is 22.2 Å². The van der Waals surface area contributed by atoms with E-state index in [1.165, 1.54) is 0 Å². The molecule has 1 atom stereocenters. The standard InChI is InChI=1S/C23H28N4O4S/c1-4-16(2)27(14-17-8-7-13-31-17)12-11-24-23(28)21-19-15-32(29,30)20-10-6-5-9-18(20)22(19)26(3)25-21/h5-10,13,16H,4,11-12,14-15H2,1-3H3,(H,24,28). The van der Waals surface area contributed by atoms with Crippen LogP contribution >= 0.6 is 0 Å². The van der Waals surface area contributed by atoms with Crippen molar-refractivity contribution in [3.8, 4) is 11.3 Å². The highest BCUT2D eigenvalue weighted by molar-refractivity contribution is 7.90. The number of nitrogens with zero attached hydrogens (tertiary/aromatic N) is 3. The van der Waals surface area contributed by atoms with Crippen LogP contribution in [0.1, 0.15) is 42.1 Å². The maximum absolute atomic E-state index is 13.0. The first-order valence-electron chi connectivity index (χ1n) is 10.7. The molecule has 1 unspecified atom stereocenters. The maximum atomic E-state index is 13.0. The van der Waals surface area contributed by atoms with Crippen molar-refractivity contribution < 1.29 is 17.6 Å². The van der Waals surface area contributed by atoms with E-state index in [4.69, 9.17) is 4.42 Å². The second-order valence-electron chi connectivity index (χ2n) is 8.12. The Hall–Kier alpha value is -2.91. The first kappa shape index (κ1) is 22.3. The van der Waals surface area contributed by atoms with Crippen molar-refractivity contribution in [2.24, 2.45) is 7.05 Å². The molecule has 1 aliphatic heterocycles. The maximum Gasteiger partial charge on any atom is 0.272 e. The van der Waals surface area contributed by atoms with Crippen LogP contribution < -0.4 is 5.32 Å². The summed E-state index contributed by atoms with van der Waals surface area (Å²) < 4.78 is 32.7. The van der Waals surface area contributed by atoms with E-state index in [0.29, 0.717) is 42.5 Å². The van der Waals surface area contributed by atoms with Gasteiger partial charge in [-0.25, -0.2) is 8.42 Å². The third-order valence-corrected chi connectivity index (χ3v) is 7.70. The molecule has 0 bridgehead atoms. The van der Waals surface area contributed by atoms with Crippen LogP contribution in [0, 0.1) is 0 Å². The number of carbonyl (C=O) groups excluding carboxylic acids is 1. The summed E-state index contributed by atoms with van der Waals surface area (Å²) in [5.41, 5.74) is 1.89. The Labute approximate surface area is 188 Å². The Bertz CT molecular complexity index is 1210. The average Bonchev–Trinajstić information content (AvgIpc) is 3.39. The minimum absolute atomic E-state index is 0.168. The van der Waals surface area contributed by atoms with Gasteiger partial charge < -0.3 is 9.73 Å². The predicted molar refractivity (Wildman–Crippen MR) is 121 cm³/mol. The van der Waals surface area contributed by atoms with Crippen LogP contribution in [0.25, 0.3) is 11.3 Å². The van der Waals surface area contributed by atoms with E-state index in [0.717, 1.165) is 12.2 Å². The summed E-state index contributed by atoms with van der Waals surface area (Å²) >= 11 is 0. The van der Waals surface area contributed by atoms with E-state index in [2.05, 4.69) is 29.2 Å². The molecule has 3 heterocycles. The van der Waals surface area contributed by atoms with Gasteiger partial charge in [0.15, 0.2) is 15.5 Å². The number of benzene rings is 1. The van der Waals surface area contributed by atoms with Crippen LogP contribution in [0.3, 0.4) is 0 Å². The largest absolute Gasteiger partial charge is 0.468 e. The molecule has 0 fully saturated rings. The molecule has 1 aliphatic rings. The summed E-state index contributed by atoms with van der Waals surface area (Å²) in [7, 11) is -1.79. The van der Waals surface area contributed by atoms with Gasteiger partial charge in [-0.05, 0) is 31.5 Å². The highest BCUT2D eigenvalue weighted by Gasteiger charge is 2.34. The minimum atomic E-state index is -3.53. The highest BCUT2D eigenvalue weighted by atomic mass is 32.2. The lowest BCUT2D eigenvalue weighted by molar-refractivity contribution is 0.0935. The van der Waals surface area contributed by atoms with Gasteiger partial charge in [0.1, 0.15) is 5.76 Å². The van der Waals surface area contributed by atoms with Crippen LogP contribution in [-0.2, 0) is 29.2 Å². The predicted octanol–water partition coefficient (Wildman–Crippen LogP) is 3.00. The summed E-state index contributed by atoms with van der Waals surface area (Å²) in [4.78, 5) is 15.5. The Balaban J connectivity index is 1.51.